The van der Waals surface area contributed by atoms with Crippen molar-refractivity contribution in [3.05, 3.63) is 47.7 Å². The van der Waals surface area contributed by atoms with E-state index in [1.54, 1.807) is 12.1 Å². The highest BCUT2D eigenvalue weighted by Gasteiger charge is 2.15. The molecule has 0 saturated heterocycles. The predicted octanol–water partition coefficient (Wildman–Crippen LogP) is 1.46. The number of nitrogens with one attached hydrogen (secondary N) is 2. The van der Waals surface area contributed by atoms with Gasteiger partial charge in [-0.15, -0.1) is 0 Å². The van der Waals surface area contributed by atoms with E-state index >= 15 is 0 Å². The minimum absolute atomic E-state index is 0.150. The van der Waals surface area contributed by atoms with E-state index in [2.05, 4.69) is 20.7 Å². The SMILES string of the molecule is Cc1ccc(NC(=O)c2ccnc(NN)c2F)cn1. The number of aryl methyl sites for hydroxylation is 1. The number of nitrogens with two attached hydrogens (primary N) is 1. The standard InChI is InChI=1S/C12H12FN5O/c1-7-2-3-8(6-16-7)17-12(19)9-4-5-15-11(18-14)10(9)13/h2-6H,14H2,1H3,(H,15,18)(H,17,19). The number of amides is 1. The first-order valence-electron chi connectivity index (χ1n) is 5.47. The molecule has 6 nitrogen and oxygen atoms in total. The summed E-state index contributed by atoms with van der Waals surface area (Å²) in [6.07, 6.45) is 2.79. The Kier molecular flexibility index (Phi) is 3.67. The van der Waals surface area contributed by atoms with E-state index in [0.29, 0.717) is 5.69 Å². The molecule has 0 radical (unpaired) electrons. The molecule has 19 heavy (non-hydrogen) atoms. The smallest absolute Gasteiger partial charge is 0.258 e. The predicted molar refractivity (Wildman–Crippen MR) is 68.9 cm³/mol. The van der Waals surface area contributed by atoms with Crippen LogP contribution < -0.4 is 16.6 Å². The molecule has 7 heteroatoms. The molecule has 0 unspecified atom stereocenters. The number of nitrogens with zero attached hydrogens (tertiary/aromatic N) is 2. The van der Waals surface area contributed by atoms with Crippen LogP contribution >= 0.6 is 0 Å². The van der Waals surface area contributed by atoms with Gasteiger partial charge in [-0.3, -0.25) is 9.78 Å². The maximum atomic E-state index is 13.8. The molecule has 0 fully saturated rings. The van der Waals surface area contributed by atoms with Crippen LogP contribution in [0.3, 0.4) is 0 Å². The quantitative estimate of drug-likeness (QED) is 0.574. The Bertz CT molecular complexity index is 600. The number of nitrogen functional groups attached to an aromatic ring is 1. The fourth-order valence-corrected chi connectivity index (χ4v) is 1.46. The van der Waals surface area contributed by atoms with E-state index in [9.17, 15) is 9.18 Å². The first-order valence-corrected chi connectivity index (χ1v) is 5.47. The van der Waals surface area contributed by atoms with Gasteiger partial charge in [0.25, 0.3) is 5.91 Å². The zero-order chi connectivity index (χ0) is 13.8. The van der Waals surface area contributed by atoms with Gasteiger partial charge >= 0.3 is 0 Å². The Morgan fingerprint density at radius 3 is 2.74 bits per heavy atom. The van der Waals surface area contributed by atoms with Crippen LogP contribution in [0.5, 0.6) is 0 Å². The van der Waals surface area contributed by atoms with E-state index in [1.807, 2.05) is 6.92 Å². The van der Waals surface area contributed by atoms with Crippen LogP contribution in [-0.2, 0) is 0 Å². The number of hydrogen-bond acceptors (Lipinski definition) is 5. The Labute approximate surface area is 108 Å². The summed E-state index contributed by atoms with van der Waals surface area (Å²) in [6.45, 7) is 1.83. The largest absolute Gasteiger partial charge is 0.320 e. The summed E-state index contributed by atoms with van der Waals surface area (Å²) in [5.74, 6) is 3.51. The van der Waals surface area contributed by atoms with Gasteiger partial charge in [0.2, 0.25) is 0 Å². The van der Waals surface area contributed by atoms with E-state index in [0.717, 1.165) is 5.69 Å². The van der Waals surface area contributed by atoms with Gasteiger partial charge in [-0.05, 0) is 25.1 Å². The zero-order valence-corrected chi connectivity index (χ0v) is 10.1. The number of rotatable bonds is 3. The first-order chi connectivity index (χ1) is 9.11. The number of hydrazine groups is 1. The molecule has 0 atom stereocenters. The van der Waals surface area contributed by atoms with Gasteiger partial charge < -0.3 is 10.7 Å². The second kappa shape index (κ2) is 5.40. The molecule has 0 aliphatic carbocycles. The van der Waals surface area contributed by atoms with E-state index in [-0.39, 0.29) is 11.4 Å². The van der Waals surface area contributed by atoms with Crippen molar-refractivity contribution in [1.82, 2.24) is 9.97 Å². The van der Waals surface area contributed by atoms with E-state index < -0.39 is 11.7 Å². The molecule has 4 N–H and O–H groups in total. The number of aromatic nitrogens is 2. The lowest BCUT2D eigenvalue weighted by molar-refractivity contribution is 0.102. The average molecular weight is 261 g/mol. The molecule has 2 heterocycles. The molecule has 0 aliphatic rings. The van der Waals surface area contributed by atoms with Gasteiger partial charge in [-0.1, -0.05) is 0 Å². The van der Waals surface area contributed by atoms with Gasteiger partial charge in [-0.2, -0.15) is 0 Å². The Morgan fingerprint density at radius 2 is 2.11 bits per heavy atom. The van der Waals surface area contributed by atoms with Crippen molar-refractivity contribution in [3.8, 4) is 0 Å². The molecular formula is C12H12FN5O. The third kappa shape index (κ3) is 2.83. The summed E-state index contributed by atoms with van der Waals surface area (Å²) in [5, 5.41) is 2.54. The molecule has 0 aliphatic heterocycles. The summed E-state index contributed by atoms with van der Waals surface area (Å²) in [5.41, 5.74) is 3.24. The lowest BCUT2D eigenvalue weighted by atomic mass is 10.2. The Balaban J connectivity index is 2.23. The highest BCUT2D eigenvalue weighted by atomic mass is 19.1. The van der Waals surface area contributed by atoms with E-state index in [1.165, 1.54) is 18.5 Å². The number of halogens is 1. The van der Waals surface area contributed by atoms with Crippen molar-refractivity contribution in [2.75, 3.05) is 10.7 Å². The monoisotopic (exact) mass is 261 g/mol. The van der Waals surface area contributed by atoms with Crippen LogP contribution in [0.4, 0.5) is 15.9 Å². The van der Waals surface area contributed by atoms with Crippen LogP contribution in [0.25, 0.3) is 0 Å². The van der Waals surface area contributed by atoms with E-state index in [4.69, 9.17) is 5.84 Å². The normalized spacial score (nSPS) is 10.1. The average Bonchev–Trinajstić information content (AvgIpc) is 2.41. The third-order valence-corrected chi connectivity index (χ3v) is 2.44. The fraction of sp³-hybridized carbons (Fsp3) is 0.0833. The summed E-state index contributed by atoms with van der Waals surface area (Å²) in [4.78, 5) is 19.6. The van der Waals surface area contributed by atoms with Crippen molar-refractivity contribution < 1.29 is 9.18 Å². The molecule has 0 spiro atoms. The first kappa shape index (κ1) is 12.9. The molecule has 2 aromatic rings. The third-order valence-electron chi connectivity index (χ3n) is 2.44. The summed E-state index contributed by atoms with van der Waals surface area (Å²) in [6, 6.07) is 4.69. The maximum Gasteiger partial charge on any atom is 0.258 e. The van der Waals surface area contributed by atoms with Crippen LogP contribution in [0.2, 0.25) is 0 Å². The molecule has 2 aromatic heterocycles. The summed E-state index contributed by atoms with van der Waals surface area (Å²) in [7, 11) is 0. The van der Waals surface area contributed by atoms with Gasteiger partial charge in [0.1, 0.15) is 0 Å². The molecule has 0 aromatic carbocycles. The highest BCUT2D eigenvalue weighted by molar-refractivity contribution is 6.04. The number of carbonyl (C=O) groups excluding carboxylic acids is 1. The van der Waals surface area contributed by atoms with Crippen LogP contribution in [-0.4, -0.2) is 15.9 Å². The molecular weight excluding hydrogens is 249 g/mol. The molecule has 2 rings (SSSR count). The second-order valence-electron chi connectivity index (χ2n) is 3.81. The summed E-state index contributed by atoms with van der Waals surface area (Å²) >= 11 is 0. The minimum atomic E-state index is -0.803. The van der Waals surface area contributed by atoms with Crippen molar-refractivity contribution in [1.29, 1.82) is 0 Å². The Morgan fingerprint density at radius 1 is 1.32 bits per heavy atom. The highest BCUT2D eigenvalue weighted by Crippen LogP contribution is 2.16. The number of pyridine rings is 2. The maximum absolute atomic E-state index is 13.8. The van der Waals surface area contributed by atoms with Crippen molar-refractivity contribution in [3.63, 3.8) is 0 Å². The fourth-order valence-electron chi connectivity index (χ4n) is 1.46. The number of hydrogen-bond donors (Lipinski definition) is 3. The lowest BCUT2D eigenvalue weighted by Crippen LogP contribution is -2.17. The van der Waals surface area contributed by atoms with Crippen LogP contribution in [0.15, 0.2) is 30.6 Å². The zero-order valence-electron chi connectivity index (χ0n) is 10.1. The Hall–Kier alpha value is -2.54. The topological polar surface area (TPSA) is 92.9 Å². The second-order valence-corrected chi connectivity index (χ2v) is 3.81. The number of carbonyl (C=O) groups is 1. The van der Waals surface area contributed by atoms with Crippen molar-refractivity contribution in [2.45, 2.75) is 6.92 Å². The minimum Gasteiger partial charge on any atom is -0.320 e. The van der Waals surface area contributed by atoms with Crippen LogP contribution in [0, 0.1) is 12.7 Å². The van der Waals surface area contributed by atoms with Crippen molar-refractivity contribution in [2.24, 2.45) is 5.84 Å². The lowest BCUT2D eigenvalue weighted by Gasteiger charge is -2.08. The van der Waals surface area contributed by atoms with Crippen molar-refractivity contribution >= 4 is 17.4 Å². The van der Waals surface area contributed by atoms with Gasteiger partial charge in [0, 0.05) is 11.9 Å². The molecule has 0 bridgehead atoms. The van der Waals surface area contributed by atoms with Gasteiger partial charge in [-0.25, -0.2) is 15.2 Å². The molecule has 0 saturated carbocycles. The summed E-state index contributed by atoms with van der Waals surface area (Å²) < 4.78 is 13.8. The van der Waals surface area contributed by atoms with Gasteiger partial charge in [0.05, 0.1) is 17.4 Å². The molecule has 98 valence electrons. The molecule has 1 amide bonds. The van der Waals surface area contributed by atoms with Crippen LogP contribution in [0.1, 0.15) is 16.1 Å². The number of anilines is 2. The van der Waals surface area contributed by atoms with Gasteiger partial charge in [0.15, 0.2) is 11.6 Å².